The standard InChI is InChI=1S/C5H3N7O4/c13-4-2-3(7-1-6-2)8-5(9-10-14)11(4)12(15)16/h1H,(H,6,7)(H,8,9,14). The summed E-state index contributed by atoms with van der Waals surface area (Å²) in [5.41, 5.74) is 0.540. The van der Waals surface area contributed by atoms with Crippen LogP contribution in [0.4, 0.5) is 5.95 Å². The van der Waals surface area contributed by atoms with Gasteiger partial charge in [-0.05, 0) is 0 Å². The molecule has 0 saturated heterocycles. The van der Waals surface area contributed by atoms with E-state index in [9.17, 15) is 19.8 Å². The first kappa shape index (κ1) is 9.70. The highest BCUT2D eigenvalue weighted by Gasteiger charge is 2.20. The zero-order valence-electron chi connectivity index (χ0n) is 7.45. The van der Waals surface area contributed by atoms with Crippen LogP contribution in [0.1, 0.15) is 0 Å². The molecule has 2 aromatic heterocycles. The molecule has 0 bridgehead atoms. The molecule has 11 nitrogen and oxygen atoms in total. The third-order valence-electron chi connectivity index (χ3n) is 1.75. The number of hydrogen-bond donors (Lipinski definition) is 2. The highest BCUT2D eigenvalue weighted by atomic mass is 16.7. The van der Waals surface area contributed by atoms with Crippen molar-refractivity contribution >= 4 is 17.1 Å². The summed E-state index contributed by atoms with van der Waals surface area (Å²) >= 11 is 0. The van der Waals surface area contributed by atoms with Crippen LogP contribution in [-0.2, 0) is 0 Å². The summed E-state index contributed by atoms with van der Waals surface area (Å²) in [6.45, 7) is 0. The number of hydrogen-bond acceptors (Lipinski definition) is 7. The van der Waals surface area contributed by atoms with E-state index in [2.05, 4.69) is 20.2 Å². The lowest BCUT2D eigenvalue weighted by Gasteiger charge is -1.99. The van der Waals surface area contributed by atoms with E-state index >= 15 is 0 Å². The number of aromatic amines is 1. The van der Waals surface area contributed by atoms with Gasteiger partial charge < -0.3 is 4.98 Å². The quantitative estimate of drug-likeness (QED) is 0.396. The molecule has 0 unspecified atom stereocenters. The van der Waals surface area contributed by atoms with Crippen molar-refractivity contribution < 1.29 is 5.03 Å². The normalized spacial score (nSPS) is 10.2. The van der Waals surface area contributed by atoms with Gasteiger partial charge in [0.25, 0.3) is 5.95 Å². The second-order valence-electron chi connectivity index (χ2n) is 2.59. The van der Waals surface area contributed by atoms with Gasteiger partial charge in [-0.25, -0.2) is 20.5 Å². The van der Waals surface area contributed by atoms with Crippen molar-refractivity contribution in [3.8, 4) is 0 Å². The van der Waals surface area contributed by atoms with Crippen LogP contribution in [0.3, 0.4) is 0 Å². The molecule has 11 heteroatoms. The maximum absolute atomic E-state index is 11.6. The number of nitro groups is 1. The molecule has 82 valence electrons. The van der Waals surface area contributed by atoms with Crippen molar-refractivity contribution in [2.45, 2.75) is 0 Å². The number of nitrogens with zero attached hydrogens (tertiary/aromatic N) is 5. The molecule has 2 aromatic rings. The average Bonchev–Trinajstić information content (AvgIpc) is 2.65. The summed E-state index contributed by atoms with van der Waals surface area (Å²) in [6.07, 6.45) is 1.15. The van der Waals surface area contributed by atoms with Gasteiger partial charge in [-0.1, -0.05) is 0 Å². The van der Waals surface area contributed by atoms with Crippen molar-refractivity contribution in [2.24, 2.45) is 5.29 Å². The van der Waals surface area contributed by atoms with Gasteiger partial charge in [-0.3, -0.25) is 4.79 Å². The minimum atomic E-state index is -1.02. The van der Waals surface area contributed by atoms with Gasteiger partial charge in [0.15, 0.2) is 16.2 Å². The Hall–Kier alpha value is -2.85. The minimum absolute atomic E-state index is 0.0470. The van der Waals surface area contributed by atoms with E-state index < -0.39 is 16.5 Å². The molecular weight excluding hydrogens is 222 g/mol. The number of H-pyrrole nitrogens is 1. The van der Waals surface area contributed by atoms with E-state index in [1.807, 2.05) is 0 Å². The van der Waals surface area contributed by atoms with Crippen molar-refractivity contribution in [3.63, 3.8) is 0 Å². The topological polar surface area (TPSA) is 148 Å². The number of aromatic nitrogens is 4. The Morgan fingerprint density at radius 3 is 3.00 bits per heavy atom. The molecule has 0 spiro atoms. The maximum Gasteiger partial charge on any atom is 0.343 e. The molecule has 0 amide bonds. The zero-order chi connectivity index (χ0) is 11.7. The van der Waals surface area contributed by atoms with Gasteiger partial charge in [0.2, 0.25) is 0 Å². The molecule has 0 aromatic carbocycles. The molecule has 0 aliphatic rings. The maximum atomic E-state index is 11.6. The first-order valence-corrected chi connectivity index (χ1v) is 3.84. The van der Waals surface area contributed by atoms with E-state index in [-0.39, 0.29) is 15.8 Å². The predicted octanol–water partition coefficient (Wildman–Crippen LogP) is -0.747. The lowest BCUT2D eigenvalue weighted by atomic mass is 10.5. The lowest BCUT2D eigenvalue weighted by Crippen LogP contribution is -2.29. The number of nitroso groups, excluding NO2 is 1. The molecular formula is C5H3N7O4. The molecule has 0 aliphatic carbocycles. The molecule has 0 aliphatic heterocycles. The van der Waals surface area contributed by atoms with Crippen LogP contribution in [0.5, 0.6) is 0 Å². The van der Waals surface area contributed by atoms with E-state index in [1.165, 1.54) is 0 Å². The fourth-order valence-electron chi connectivity index (χ4n) is 1.14. The largest absolute Gasteiger partial charge is 0.343 e. The highest BCUT2D eigenvalue weighted by molar-refractivity contribution is 5.69. The van der Waals surface area contributed by atoms with Gasteiger partial charge in [0.1, 0.15) is 0 Å². The molecule has 2 N–H and O–H groups in total. The van der Waals surface area contributed by atoms with Gasteiger partial charge in [-0.2, -0.15) is 4.98 Å². The first-order valence-electron chi connectivity index (χ1n) is 3.84. The summed E-state index contributed by atoms with van der Waals surface area (Å²) in [4.78, 5) is 41.7. The first-order chi connectivity index (χ1) is 7.65. The third-order valence-corrected chi connectivity index (χ3v) is 1.75. The molecule has 0 fully saturated rings. The fraction of sp³-hybridized carbons (Fsp3) is 0. The number of rotatable bonds is 3. The Kier molecular flexibility index (Phi) is 2.05. The average molecular weight is 225 g/mol. The smallest absolute Gasteiger partial charge is 0.338 e. The molecule has 0 saturated carbocycles. The van der Waals surface area contributed by atoms with E-state index in [0.29, 0.717) is 0 Å². The second kappa shape index (κ2) is 3.38. The van der Waals surface area contributed by atoms with E-state index in [0.717, 1.165) is 6.33 Å². The summed E-state index contributed by atoms with van der Waals surface area (Å²) in [5.74, 6) is -0.607. The summed E-state index contributed by atoms with van der Waals surface area (Å²) in [6, 6.07) is 0. The number of fused-ring (bicyclic) bond motifs is 1. The van der Waals surface area contributed by atoms with Gasteiger partial charge in [0, 0.05) is 4.68 Å². The molecule has 2 rings (SSSR count). The van der Waals surface area contributed by atoms with Crippen LogP contribution in [0.25, 0.3) is 11.2 Å². The van der Waals surface area contributed by atoms with Crippen molar-refractivity contribution in [1.82, 2.24) is 19.6 Å². The second-order valence-corrected chi connectivity index (χ2v) is 2.59. The van der Waals surface area contributed by atoms with Crippen molar-refractivity contribution in [2.75, 3.05) is 5.43 Å². The van der Waals surface area contributed by atoms with Crippen LogP contribution < -0.4 is 11.0 Å². The highest BCUT2D eigenvalue weighted by Crippen LogP contribution is 2.06. The van der Waals surface area contributed by atoms with Crippen LogP contribution in [-0.4, -0.2) is 24.7 Å². The molecule has 0 atom stereocenters. The van der Waals surface area contributed by atoms with E-state index in [4.69, 9.17) is 0 Å². The van der Waals surface area contributed by atoms with Gasteiger partial charge in [0.05, 0.1) is 11.6 Å². The number of imidazole rings is 1. The van der Waals surface area contributed by atoms with E-state index in [1.54, 1.807) is 5.43 Å². The Morgan fingerprint density at radius 2 is 2.38 bits per heavy atom. The third kappa shape index (κ3) is 1.26. The van der Waals surface area contributed by atoms with Crippen LogP contribution >= 0.6 is 0 Å². The summed E-state index contributed by atoms with van der Waals surface area (Å²) < 4.78 is 0.0575. The van der Waals surface area contributed by atoms with Crippen molar-refractivity contribution in [3.05, 3.63) is 31.7 Å². The monoisotopic (exact) mass is 225 g/mol. The minimum Gasteiger partial charge on any atom is -0.338 e. The molecule has 16 heavy (non-hydrogen) atoms. The number of anilines is 1. The van der Waals surface area contributed by atoms with Crippen molar-refractivity contribution in [1.29, 1.82) is 0 Å². The summed E-state index contributed by atoms with van der Waals surface area (Å²) in [5, 5.41) is 11.8. The van der Waals surface area contributed by atoms with Gasteiger partial charge in [-0.15, -0.1) is 4.91 Å². The van der Waals surface area contributed by atoms with Crippen LogP contribution in [0, 0.1) is 15.0 Å². The van der Waals surface area contributed by atoms with Crippen LogP contribution in [0.15, 0.2) is 16.4 Å². The number of nitrogens with one attached hydrogen (secondary N) is 2. The molecule has 0 radical (unpaired) electrons. The Morgan fingerprint density at radius 1 is 1.62 bits per heavy atom. The zero-order valence-corrected chi connectivity index (χ0v) is 7.45. The Balaban J connectivity index is 2.85. The molecule has 2 heterocycles. The fourth-order valence-corrected chi connectivity index (χ4v) is 1.14. The van der Waals surface area contributed by atoms with Gasteiger partial charge >= 0.3 is 5.56 Å². The predicted molar refractivity (Wildman–Crippen MR) is 50.0 cm³/mol. The Labute approximate surface area is 85.2 Å². The summed E-state index contributed by atoms with van der Waals surface area (Å²) in [7, 11) is 0. The Bertz CT molecular complexity index is 627. The van der Waals surface area contributed by atoms with Crippen LogP contribution in [0.2, 0.25) is 0 Å². The lowest BCUT2D eigenvalue weighted by molar-refractivity contribution is -0.542. The SMILES string of the molecule is O=NNc1nc2nc[nH]c2c(=O)n1[N+](=O)[O-].